The maximum atomic E-state index is 11.6. The quantitative estimate of drug-likeness (QED) is 0.690. The van der Waals surface area contributed by atoms with Crippen LogP contribution in [0.5, 0.6) is 0 Å². The van der Waals surface area contributed by atoms with Gasteiger partial charge in [-0.15, -0.1) is 0 Å². The van der Waals surface area contributed by atoms with Crippen LogP contribution in [0.4, 0.5) is 5.82 Å². The van der Waals surface area contributed by atoms with E-state index >= 15 is 0 Å². The first-order valence-electron chi connectivity index (χ1n) is 4.63. The second-order valence-corrected chi connectivity index (χ2v) is 3.75. The highest BCUT2D eigenvalue weighted by Gasteiger charge is 2.23. The number of aryl methyl sites for hydroxylation is 1. The molecule has 1 aliphatic rings. The zero-order chi connectivity index (χ0) is 10.1. The molecule has 0 aromatic carbocycles. The summed E-state index contributed by atoms with van der Waals surface area (Å²) in [7, 11) is 3.77. The third kappa shape index (κ3) is 1.63. The normalized spacial score (nSPS) is 17.9. The zero-order valence-electron chi connectivity index (χ0n) is 8.40. The van der Waals surface area contributed by atoms with Crippen molar-refractivity contribution in [1.29, 1.82) is 0 Å². The van der Waals surface area contributed by atoms with E-state index in [-0.39, 0.29) is 5.56 Å². The average molecular weight is 194 g/mol. The molecule has 5 heteroatoms. The highest BCUT2D eigenvalue weighted by molar-refractivity contribution is 5.33. The van der Waals surface area contributed by atoms with Crippen molar-refractivity contribution >= 4 is 5.82 Å². The number of likely N-dealkylation sites (N-methyl/N-ethyl adjacent to an activating group) is 1. The molecule has 0 saturated carbocycles. The first-order chi connectivity index (χ1) is 6.66. The summed E-state index contributed by atoms with van der Waals surface area (Å²) in [5.74, 6) is 0.452. The molecule has 0 aliphatic carbocycles. The van der Waals surface area contributed by atoms with Gasteiger partial charge in [0.15, 0.2) is 5.82 Å². The third-order valence-corrected chi connectivity index (χ3v) is 2.42. The van der Waals surface area contributed by atoms with Gasteiger partial charge in [0.2, 0.25) is 0 Å². The van der Waals surface area contributed by atoms with Crippen molar-refractivity contribution in [2.24, 2.45) is 7.05 Å². The molecule has 0 spiro atoms. The maximum absolute atomic E-state index is 11.6. The minimum atomic E-state index is -0.0675. The Labute approximate surface area is 82.4 Å². The van der Waals surface area contributed by atoms with Crippen molar-refractivity contribution in [2.45, 2.75) is 6.04 Å². The van der Waals surface area contributed by atoms with Gasteiger partial charge in [-0.3, -0.25) is 4.79 Å². The van der Waals surface area contributed by atoms with E-state index in [1.165, 1.54) is 4.57 Å². The molecule has 1 aromatic rings. The number of likely N-dealkylation sites (tertiary alicyclic amines) is 1. The molecule has 0 bridgehead atoms. The lowest BCUT2D eigenvalue weighted by Gasteiger charge is -2.36. The van der Waals surface area contributed by atoms with E-state index in [2.05, 4.69) is 22.2 Å². The minimum Gasteiger partial charge on any atom is -0.360 e. The van der Waals surface area contributed by atoms with E-state index in [4.69, 9.17) is 0 Å². The van der Waals surface area contributed by atoms with Crippen LogP contribution in [0.3, 0.4) is 0 Å². The zero-order valence-corrected chi connectivity index (χ0v) is 8.40. The van der Waals surface area contributed by atoms with Gasteiger partial charge in [-0.2, -0.15) is 0 Å². The molecule has 0 radical (unpaired) electrons. The summed E-state index contributed by atoms with van der Waals surface area (Å²) in [5, 5.41) is 3.13. The molecule has 1 aliphatic heterocycles. The van der Waals surface area contributed by atoms with E-state index in [1.54, 1.807) is 19.4 Å². The summed E-state index contributed by atoms with van der Waals surface area (Å²) in [6, 6.07) is 0.364. The molecule has 1 N–H and O–H groups in total. The molecule has 1 saturated heterocycles. The van der Waals surface area contributed by atoms with Gasteiger partial charge in [-0.05, 0) is 7.05 Å². The molecule has 2 rings (SSSR count). The fourth-order valence-corrected chi connectivity index (χ4v) is 1.58. The lowest BCUT2D eigenvalue weighted by molar-refractivity contribution is 0.205. The Hall–Kier alpha value is -1.36. The molecular formula is C9H14N4O. The molecule has 5 nitrogen and oxygen atoms in total. The molecule has 0 amide bonds. The predicted octanol–water partition coefficient (Wildman–Crippen LogP) is -0.494. The highest BCUT2D eigenvalue weighted by atomic mass is 16.1. The highest BCUT2D eigenvalue weighted by Crippen LogP contribution is 2.07. The molecule has 0 unspecified atom stereocenters. The molecule has 1 fully saturated rings. The Kier molecular flexibility index (Phi) is 2.25. The van der Waals surface area contributed by atoms with Crippen molar-refractivity contribution in [1.82, 2.24) is 14.5 Å². The molecule has 76 valence electrons. The van der Waals surface area contributed by atoms with Crippen LogP contribution < -0.4 is 10.9 Å². The van der Waals surface area contributed by atoms with Gasteiger partial charge in [-0.25, -0.2) is 4.98 Å². The van der Waals surface area contributed by atoms with Crippen molar-refractivity contribution < 1.29 is 0 Å². The Morgan fingerprint density at radius 3 is 2.86 bits per heavy atom. The van der Waals surface area contributed by atoms with Crippen LogP contribution in [0.2, 0.25) is 0 Å². The fraction of sp³-hybridized carbons (Fsp3) is 0.556. The first kappa shape index (κ1) is 9.21. The number of anilines is 1. The summed E-state index contributed by atoms with van der Waals surface area (Å²) >= 11 is 0. The van der Waals surface area contributed by atoms with Gasteiger partial charge >= 0.3 is 0 Å². The molecule has 14 heavy (non-hydrogen) atoms. The van der Waals surface area contributed by atoms with Crippen molar-refractivity contribution in [3.8, 4) is 0 Å². The summed E-state index contributed by atoms with van der Waals surface area (Å²) < 4.78 is 1.53. The predicted molar refractivity (Wildman–Crippen MR) is 54.4 cm³/mol. The first-order valence-corrected chi connectivity index (χ1v) is 4.63. The van der Waals surface area contributed by atoms with Gasteiger partial charge in [0.1, 0.15) is 0 Å². The summed E-state index contributed by atoms with van der Waals surface area (Å²) in [6.07, 6.45) is 3.28. The fourth-order valence-electron chi connectivity index (χ4n) is 1.58. The Morgan fingerprint density at radius 1 is 1.50 bits per heavy atom. The van der Waals surface area contributed by atoms with Crippen LogP contribution in [0.1, 0.15) is 0 Å². The maximum Gasteiger partial charge on any atom is 0.293 e. The van der Waals surface area contributed by atoms with E-state index in [1.807, 2.05) is 0 Å². The summed E-state index contributed by atoms with van der Waals surface area (Å²) in [6.45, 7) is 1.94. The Bertz CT molecular complexity index is 381. The third-order valence-electron chi connectivity index (χ3n) is 2.42. The van der Waals surface area contributed by atoms with Crippen molar-refractivity contribution in [2.75, 3.05) is 25.5 Å². The monoisotopic (exact) mass is 194 g/mol. The summed E-state index contributed by atoms with van der Waals surface area (Å²) in [4.78, 5) is 17.8. The smallest absolute Gasteiger partial charge is 0.293 e. The van der Waals surface area contributed by atoms with E-state index < -0.39 is 0 Å². The van der Waals surface area contributed by atoms with Crippen LogP contribution in [-0.2, 0) is 7.05 Å². The topological polar surface area (TPSA) is 50.2 Å². The molecule has 2 heterocycles. The molecule has 0 atom stereocenters. The van der Waals surface area contributed by atoms with E-state index in [0.29, 0.717) is 11.9 Å². The van der Waals surface area contributed by atoms with Crippen LogP contribution >= 0.6 is 0 Å². The second kappa shape index (κ2) is 3.42. The van der Waals surface area contributed by atoms with Crippen molar-refractivity contribution in [3.63, 3.8) is 0 Å². The second-order valence-electron chi connectivity index (χ2n) is 3.75. The Balaban J connectivity index is 2.10. The average Bonchev–Trinajstić information content (AvgIpc) is 2.10. The van der Waals surface area contributed by atoms with Crippen LogP contribution in [0.25, 0.3) is 0 Å². The number of rotatable bonds is 2. The summed E-state index contributed by atoms with van der Waals surface area (Å²) in [5.41, 5.74) is -0.0675. The standard InChI is InChI=1S/C9H14N4O/c1-12-5-7(6-12)11-8-9(14)13(2)4-3-10-8/h3-4,7H,5-6H2,1-2H3,(H,10,11). The number of aromatic nitrogens is 2. The Morgan fingerprint density at radius 2 is 2.21 bits per heavy atom. The van der Waals surface area contributed by atoms with Crippen LogP contribution in [0, 0.1) is 0 Å². The molecular weight excluding hydrogens is 180 g/mol. The molecule has 1 aromatic heterocycles. The van der Waals surface area contributed by atoms with E-state index in [0.717, 1.165) is 13.1 Å². The largest absolute Gasteiger partial charge is 0.360 e. The number of hydrogen-bond acceptors (Lipinski definition) is 4. The SMILES string of the molecule is CN1CC(Nc2nccn(C)c2=O)C1. The minimum absolute atomic E-state index is 0.0675. The number of nitrogens with one attached hydrogen (secondary N) is 1. The van der Waals surface area contributed by atoms with Gasteiger partial charge < -0.3 is 14.8 Å². The number of nitrogens with zero attached hydrogens (tertiary/aromatic N) is 3. The van der Waals surface area contributed by atoms with Gasteiger partial charge in [0.05, 0.1) is 6.04 Å². The number of hydrogen-bond donors (Lipinski definition) is 1. The van der Waals surface area contributed by atoms with Crippen LogP contribution in [-0.4, -0.2) is 40.6 Å². The van der Waals surface area contributed by atoms with E-state index in [9.17, 15) is 4.79 Å². The lowest BCUT2D eigenvalue weighted by atomic mass is 10.1. The van der Waals surface area contributed by atoms with Crippen LogP contribution in [0.15, 0.2) is 17.2 Å². The lowest BCUT2D eigenvalue weighted by Crippen LogP contribution is -2.53. The van der Waals surface area contributed by atoms with Gasteiger partial charge in [-0.1, -0.05) is 0 Å². The van der Waals surface area contributed by atoms with Gasteiger partial charge in [0, 0.05) is 32.5 Å². The van der Waals surface area contributed by atoms with Crippen molar-refractivity contribution in [3.05, 3.63) is 22.7 Å². The van der Waals surface area contributed by atoms with Gasteiger partial charge in [0.25, 0.3) is 5.56 Å².